The fraction of sp³-hybridized carbons (Fsp3) is 0.727. The highest BCUT2D eigenvalue weighted by molar-refractivity contribution is 5.68. The summed E-state index contributed by atoms with van der Waals surface area (Å²) in [5.74, 6) is 0. The second kappa shape index (κ2) is 5.86. The molecule has 0 heterocycles. The largest absolute Gasteiger partial charge is 0.444 e. The van der Waals surface area contributed by atoms with E-state index < -0.39 is 17.2 Å². The molecule has 0 saturated heterocycles. The maximum atomic E-state index is 11.5. The predicted molar refractivity (Wildman–Crippen MR) is 61.1 cm³/mol. The first-order valence-electron chi connectivity index (χ1n) is 5.12. The van der Waals surface area contributed by atoms with Crippen LogP contribution in [0.1, 0.15) is 27.2 Å². The van der Waals surface area contributed by atoms with Crippen LogP contribution in [-0.2, 0) is 4.74 Å². The minimum Gasteiger partial charge on any atom is -0.444 e. The van der Waals surface area contributed by atoms with Crippen LogP contribution in [0, 0.1) is 0 Å². The van der Waals surface area contributed by atoms with Crippen LogP contribution in [-0.4, -0.2) is 40.7 Å². The number of hydrogen-bond donors (Lipinski definition) is 3. The first-order valence-corrected chi connectivity index (χ1v) is 5.12. The number of carbonyl (C=O) groups excluding carboxylic acids is 1. The van der Waals surface area contributed by atoms with E-state index >= 15 is 0 Å². The lowest BCUT2D eigenvalue weighted by molar-refractivity contribution is 0.0301. The Morgan fingerprint density at radius 2 is 1.88 bits per heavy atom. The number of carbonyl (C=O) groups is 1. The molecule has 0 aliphatic carbocycles. The zero-order valence-corrected chi connectivity index (χ0v) is 10.1. The van der Waals surface area contributed by atoms with Crippen LogP contribution in [0.2, 0.25) is 0 Å². The zero-order valence-electron chi connectivity index (χ0n) is 10.1. The van der Waals surface area contributed by atoms with Crippen molar-refractivity contribution in [3.05, 3.63) is 12.7 Å². The van der Waals surface area contributed by atoms with Crippen molar-refractivity contribution in [3.8, 4) is 0 Å². The fourth-order valence-electron chi connectivity index (χ4n) is 1.11. The molecule has 0 unspecified atom stereocenters. The summed E-state index contributed by atoms with van der Waals surface area (Å²) in [4.78, 5) is 11.5. The maximum Gasteiger partial charge on any atom is 0.408 e. The molecule has 5 heteroatoms. The molecule has 0 bridgehead atoms. The van der Waals surface area contributed by atoms with Gasteiger partial charge in [-0.05, 0) is 27.2 Å². The number of ether oxygens (including phenoxy) is 1. The van der Waals surface area contributed by atoms with E-state index in [1.807, 2.05) is 0 Å². The predicted octanol–water partition coefficient (Wildman–Crippen LogP) is 0.811. The Hall–Kier alpha value is -1.07. The lowest BCUT2D eigenvalue weighted by Crippen LogP contribution is -2.55. The van der Waals surface area contributed by atoms with E-state index in [0.29, 0.717) is 0 Å². The van der Waals surface area contributed by atoms with Gasteiger partial charge in [-0.2, -0.15) is 0 Å². The number of hydrogen-bond acceptors (Lipinski definition) is 4. The molecule has 0 aliphatic heterocycles. The molecule has 1 amide bonds. The Kier molecular flexibility index (Phi) is 5.47. The third kappa shape index (κ3) is 5.14. The monoisotopic (exact) mass is 231 g/mol. The van der Waals surface area contributed by atoms with Gasteiger partial charge < -0.3 is 20.3 Å². The summed E-state index contributed by atoms with van der Waals surface area (Å²) in [6.07, 6.45) is 1.11. The van der Waals surface area contributed by atoms with E-state index in [1.165, 1.54) is 6.08 Å². The van der Waals surface area contributed by atoms with Crippen LogP contribution in [0.5, 0.6) is 0 Å². The van der Waals surface area contributed by atoms with Crippen molar-refractivity contribution >= 4 is 6.09 Å². The molecule has 94 valence electrons. The van der Waals surface area contributed by atoms with Gasteiger partial charge in [0.05, 0.1) is 18.8 Å². The van der Waals surface area contributed by atoms with Crippen LogP contribution in [0.15, 0.2) is 12.7 Å². The van der Waals surface area contributed by atoms with E-state index in [1.54, 1.807) is 20.8 Å². The van der Waals surface area contributed by atoms with Gasteiger partial charge in [-0.3, -0.25) is 0 Å². The van der Waals surface area contributed by atoms with Gasteiger partial charge in [0.15, 0.2) is 0 Å². The normalized spacial score (nSPS) is 12.1. The van der Waals surface area contributed by atoms with Crippen LogP contribution in [0.25, 0.3) is 0 Å². The highest BCUT2D eigenvalue weighted by Gasteiger charge is 2.31. The Labute approximate surface area is 96.1 Å². The van der Waals surface area contributed by atoms with Crippen molar-refractivity contribution in [3.63, 3.8) is 0 Å². The van der Waals surface area contributed by atoms with E-state index in [2.05, 4.69) is 11.9 Å². The van der Waals surface area contributed by atoms with E-state index in [9.17, 15) is 15.0 Å². The van der Waals surface area contributed by atoms with Gasteiger partial charge in [0.25, 0.3) is 0 Å². The molecule has 0 radical (unpaired) electrons. The number of amides is 1. The Morgan fingerprint density at radius 1 is 1.38 bits per heavy atom. The SMILES string of the molecule is C=CCC(CO)(CO)NC(=O)OC(C)(C)C. The molecule has 0 aromatic carbocycles. The quantitative estimate of drug-likeness (QED) is 0.612. The molecule has 16 heavy (non-hydrogen) atoms. The highest BCUT2D eigenvalue weighted by Crippen LogP contribution is 2.12. The lowest BCUT2D eigenvalue weighted by Gasteiger charge is -2.31. The van der Waals surface area contributed by atoms with Gasteiger partial charge in [-0.25, -0.2) is 4.79 Å². The van der Waals surface area contributed by atoms with Crippen molar-refractivity contribution < 1.29 is 19.7 Å². The second-order valence-corrected chi connectivity index (χ2v) is 4.72. The maximum absolute atomic E-state index is 11.5. The van der Waals surface area contributed by atoms with E-state index in [0.717, 1.165) is 0 Å². The molecule has 0 fully saturated rings. The lowest BCUT2D eigenvalue weighted by atomic mass is 9.98. The van der Waals surface area contributed by atoms with Gasteiger partial charge in [-0.1, -0.05) is 6.08 Å². The van der Waals surface area contributed by atoms with Crippen LogP contribution in [0.4, 0.5) is 4.79 Å². The summed E-state index contributed by atoms with van der Waals surface area (Å²) in [6, 6.07) is 0. The van der Waals surface area contributed by atoms with Crippen molar-refractivity contribution in [2.75, 3.05) is 13.2 Å². The van der Waals surface area contributed by atoms with Gasteiger partial charge in [0.1, 0.15) is 5.60 Å². The number of alkyl carbamates (subject to hydrolysis) is 1. The molecule has 0 aromatic heterocycles. The standard InChI is InChI=1S/C11H21NO4/c1-5-6-11(7-13,8-14)12-9(15)16-10(2,3)4/h5,13-14H,1,6-8H2,2-4H3,(H,12,15). The molecule has 3 N–H and O–H groups in total. The average molecular weight is 231 g/mol. The molecule has 0 rings (SSSR count). The molecule has 0 spiro atoms. The third-order valence-electron chi connectivity index (χ3n) is 1.91. The zero-order chi connectivity index (χ0) is 12.8. The van der Waals surface area contributed by atoms with Crippen LogP contribution in [0.3, 0.4) is 0 Å². The first-order chi connectivity index (χ1) is 7.28. The summed E-state index contributed by atoms with van der Waals surface area (Å²) in [5, 5.41) is 20.8. The van der Waals surface area contributed by atoms with Crippen molar-refractivity contribution in [1.82, 2.24) is 5.32 Å². The molecule has 0 saturated carbocycles. The molecule has 5 nitrogen and oxygen atoms in total. The summed E-state index contributed by atoms with van der Waals surface area (Å²) >= 11 is 0. The molecule has 0 atom stereocenters. The van der Waals surface area contributed by atoms with Crippen LogP contribution < -0.4 is 5.32 Å². The highest BCUT2D eigenvalue weighted by atomic mass is 16.6. The van der Waals surface area contributed by atoms with Crippen molar-refractivity contribution in [2.45, 2.75) is 38.3 Å². The van der Waals surface area contributed by atoms with Gasteiger partial charge in [0.2, 0.25) is 0 Å². The van der Waals surface area contributed by atoms with Gasteiger partial charge >= 0.3 is 6.09 Å². The Balaban J connectivity index is 4.51. The number of aliphatic hydroxyl groups excluding tert-OH is 2. The summed E-state index contributed by atoms with van der Waals surface area (Å²) < 4.78 is 5.04. The van der Waals surface area contributed by atoms with Gasteiger partial charge in [-0.15, -0.1) is 6.58 Å². The molecular weight excluding hydrogens is 210 g/mol. The van der Waals surface area contributed by atoms with E-state index in [-0.39, 0.29) is 19.6 Å². The smallest absolute Gasteiger partial charge is 0.408 e. The van der Waals surface area contributed by atoms with Crippen LogP contribution >= 0.6 is 0 Å². The molecular formula is C11H21NO4. The number of aliphatic hydroxyl groups is 2. The minimum absolute atomic E-state index is 0.263. The first kappa shape index (κ1) is 14.9. The number of nitrogens with one attached hydrogen (secondary N) is 1. The van der Waals surface area contributed by atoms with Crippen molar-refractivity contribution in [1.29, 1.82) is 0 Å². The van der Waals surface area contributed by atoms with Crippen molar-refractivity contribution in [2.24, 2.45) is 0 Å². The minimum atomic E-state index is -1.11. The topological polar surface area (TPSA) is 78.8 Å². The summed E-state index contributed by atoms with van der Waals surface area (Å²) in [7, 11) is 0. The van der Waals surface area contributed by atoms with E-state index in [4.69, 9.17) is 4.74 Å². The molecule has 0 aromatic rings. The Bertz CT molecular complexity index is 241. The van der Waals surface area contributed by atoms with Gasteiger partial charge in [0, 0.05) is 0 Å². The Morgan fingerprint density at radius 3 is 2.19 bits per heavy atom. The summed E-state index contributed by atoms with van der Waals surface area (Å²) in [6.45, 7) is 7.96. The second-order valence-electron chi connectivity index (χ2n) is 4.72. The average Bonchev–Trinajstić information content (AvgIpc) is 2.14. The number of rotatable bonds is 5. The summed E-state index contributed by atoms with van der Waals surface area (Å²) in [5.41, 5.74) is -1.72. The third-order valence-corrected chi connectivity index (χ3v) is 1.91. The fourth-order valence-corrected chi connectivity index (χ4v) is 1.11. The molecule has 0 aliphatic rings.